The van der Waals surface area contributed by atoms with Crippen LogP contribution in [-0.2, 0) is 0 Å². The van der Waals surface area contributed by atoms with Crippen molar-refractivity contribution in [3.05, 3.63) is 45.8 Å². The Labute approximate surface area is 143 Å². The number of nitrogens with zero attached hydrogens (tertiary/aromatic N) is 3. The van der Waals surface area contributed by atoms with Crippen molar-refractivity contribution in [2.24, 2.45) is 0 Å². The van der Waals surface area contributed by atoms with Gasteiger partial charge in [-0.15, -0.1) is 11.3 Å². The second-order valence-electron chi connectivity index (χ2n) is 5.23. The first-order valence-electron chi connectivity index (χ1n) is 7.13. The lowest BCUT2D eigenvalue weighted by atomic mass is 10.2. The Morgan fingerprint density at radius 3 is 2.96 bits per heavy atom. The molecule has 2 N–H and O–H groups in total. The van der Waals surface area contributed by atoms with Crippen molar-refractivity contribution in [2.45, 2.75) is 12.1 Å². The van der Waals surface area contributed by atoms with Gasteiger partial charge in [0.2, 0.25) is 0 Å². The summed E-state index contributed by atoms with van der Waals surface area (Å²) in [5.41, 5.74) is 4.82. The Bertz CT molecular complexity index is 708. The molecule has 1 aliphatic rings. The molecule has 1 amide bonds. The number of hydrogen-bond donors (Lipinski definition) is 2. The summed E-state index contributed by atoms with van der Waals surface area (Å²) in [6.07, 6.45) is 0.903. The van der Waals surface area contributed by atoms with E-state index in [1.54, 1.807) is 18.1 Å². The van der Waals surface area contributed by atoms with Crippen molar-refractivity contribution in [2.75, 3.05) is 20.1 Å². The van der Waals surface area contributed by atoms with Crippen LogP contribution >= 0.6 is 22.9 Å². The van der Waals surface area contributed by atoms with Gasteiger partial charge >= 0.3 is 0 Å². The zero-order valence-electron chi connectivity index (χ0n) is 12.4. The molecule has 2 heterocycles. The number of benzene rings is 1. The highest BCUT2D eigenvalue weighted by Crippen LogP contribution is 2.31. The lowest BCUT2D eigenvalue weighted by Gasteiger charge is -2.28. The third kappa shape index (κ3) is 3.54. The maximum absolute atomic E-state index is 12.3. The topological polar surface area (TPSA) is 79.6 Å². The van der Waals surface area contributed by atoms with Gasteiger partial charge in [0.25, 0.3) is 5.91 Å². The molecule has 1 saturated heterocycles. The van der Waals surface area contributed by atoms with Gasteiger partial charge in [-0.25, -0.2) is 4.98 Å². The number of thiazole rings is 1. The summed E-state index contributed by atoms with van der Waals surface area (Å²) in [5, 5.41) is 15.8. The quantitative estimate of drug-likeness (QED) is 0.884. The lowest BCUT2D eigenvalue weighted by Crippen LogP contribution is -2.42. The summed E-state index contributed by atoms with van der Waals surface area (Å²) >= 11 is 7.43. The first kappa shape index (κ1) is 16.4. The third-order valence-corrected chi connectivity index (χ3v) is 5.06. The zero-order valence-corrected chi connectivity index (χ0v) is 14.0. The van der Waals surface area contributed by atoms with E-state index in [4.69, 9.17) is 11.6 Å². The Kier molecular flexibility index (Phi) is 4.93. The molecule has 1 fully saturated rings. The van der Waals surface area contributed by atoms with Gasteiger partial charge in [-0.1, -0.05) is 29.8 Å². The van der Waals surface area contributed by atoms with Crippen molar-refractivity contribution in [3.63, 3.8) is 0 Å². The van der Waals surface area contributed by atoms with E-state index in [0.29, 0.717) is 28.0 Å². The number of aliphatic hydroxyl groups is 1. The highest BCUT2D eigenvalue weighted by Gasteiger charge is 2.29. The maximum atomic E-state index is 12.3. The molecule has 0 unspecified atom stereocenters. The summed E-state index contributed by atoms with van der Waals surface area (Å²) in [7, 11) is 1.66. The van der Waals surface area contributed by atoms with Gasteiger partial charge in [-0.05, 0) is 6.07 Å². The van der Waals surface area contributed by atoms with E-state index < -0.39 is 6.10 Å². The highest BCUT2D eigenvalue weighted by molar-refractivity contribution is 7.17. The number of aliphatic hydroxyl groups excluding tert-OH is 1. The third-order valence-electron chi connectivity index (χ3n) is 3.70. The van der Waals surface area contributed by atoms with Crippen LogP contribution in [-0.4, -0.2) is 53.3 Å². The molecule has 8 heteroatoms. The van der Waals surface area contributed by atoms with Crippen molar-refractivity contribution >= 4 is 28.8 Å². The fraction of sp³-hybridized carbons (Fsp3) is 0.333. The number of β-amino-alcohol motifs (C(OH)–C–C–N with tert-alkyl or cyclic N) is 1. The first-order valence-corrected chi connectivity index (χ1v) is 8.32. The summed E-state index contributed by atoms with van der Waals surface area (Å²) in [5.74, 6) is -0.247. The lowest BCUT2D eigenvalue weighted by molar-refractivity contribution is 0.0892. The van der Waals surface area contributed by atoms with E-state index in [0.717, 1.165) is 5.56 Å². The Hall–Kier alpha value is -1.51. The number of nitrogens with one attached hydrogen (secondary N) is 1. The summed E-state index contributed by atoms with van der Waals surface area (Å²) in [6, 6.07) is 7.04. The van der Waals surface area contributed by atoms with E-state index in [9.17, 15) is 9.90 Å². The number of amides is 1. The van der Waals surface area contributed by atoms with Gasteiger partial charge in [-0.3, -0.25) is 4.79 Å². The molecule has 3 rings (SSSR count). The molecule has 23 heavy (non-hydrogen) atoms. The minimum absolute atomic E-state index is 0.247. The molecule has 0 aliphatic carbocycles. The molecular formula is C15H16ClN4O2S-. The van der Waals surface area contributed by atoms with Crippen LogP contribution in [0.4, 0.5) is 0 Å². The number of aromatic nitrogens is 1. The second-order valence-corrected chi connectivity index (χ2v) is 6.67. The van der Waals surface area contributed by atoms with Gasteiger partial charge in [0.05, 0.1) is 23.4 Å². The van der Waals surface area contributed by atoms with E-state index >= 15 is 0 Å². The summed E-state index contributed by atoms with van der Waals surface area (Å²) in [6.45, 7) is 0.925. The minimum Gasteiger partial charge on any atom is -0.597 e. The van der Waals surface area contributed by atoms with E-state index in [2.05, 4.69) is 15.7 Å². The molecule has 0 radical (unpaired) electrons. The molecular weight excluding hydrogens is 336 g/mol. The Morgan fingerprint density at radius 2 is 2.26 bits per heavy atom. The normalized spacial score (nSPS) is 21.5. The summed E-state index contributed by atoms with van der Waals surface area (Å²) in [4.78, 5) is 17.1. The van der Waals surface area contributed by atoms with Crippen molar-refractivity contribution in [1.82, 2.24) is 15.3 Å². The van der Waals surface area contributed by atoms with Crippen LogP contribution in [0.5, 0.6) is 0 Å². The van der Waals surface area contributed by atoms with Crippen LogP contribution in [0.15, 0.2) is 30.5 Å². The predicted molar refractivity (Wildman–Crippen MR) is 90.7 cm³/mol. The molecule has 1 aromatic carbocycles. The molecule has 122 valence electrons. The largest absolute Gasteiger partial charge is 0.597 e. The SMILES string of the molecule is C[N-]N1C[C@H](NC(=O)c2cnc(-c3ccccc3Cl)s2)[C@@H](O)C1. The van der Waals surface area contributed by atoms with Crippen LogP contribution in [0.25, 0.3) is 16.0 Å². The van der Waals surface area contributed by atoms with Crippen molar-refractivity contribution < 1.29 is 9.90 Å². The number of hydrogen-bond acceptors (Lipinski definition) is 5. The first-order chi connectivity index (χ1) is 11.1. The van der Waals surface area contributed by atoms with Gasteiger partial charge < -0.3 is 20.9 Å². The smallest absolute Gasteiger partial charge is 0.263 e. The van der Waals surface area contributed by atoms with Crippen LogP contribution < -0.4 is 5.32 Å². The molecule has 0 spiro atoms. The fourth-order valence-corrected chi connectivity index (χ4v) is 3.59. The summed E-state index contributed by atoms with van der Waals surface area (Å²) < 4.78 is 0. The van der Waals surface area contributed by atoms with Crippen LogP contribution in [0.1, 0.15) is 9.67 Å². The second kappa shape index (κ2) is 6.94. The standard InChI is InChI=1S/C15H16ClN4O2S/c1-17-20-7-11(12(21)8-20)19-14(22)13-6-18-15(23-13)9-4-2-3-5-10(9)16/h2-6,11-12,21H,7-8H2,1H3,(H,19,22)/q-1/t11-,12-/m0/s1. The maximum Gasteiger partial charge on any atom is 0.263 e. The number of carbonyl (C=O) groups is 1. The molecule has 0 bridgehead atoms. The monoisotopic (exact) mass is 351 g/mol. The Balaban J connectivity index is 1.71. The predicted octanol–water partition coefficient (Wildman–Crippen LogP) is 2.16. The molecule has 2 atom stereocenters. The van der Waals surface area contributed by atoms with Crippen molar-refractivity contribution in [3.8, 4) is 10.6 Å². The van der Waals surface area contributed by atoms with Gasteiger partial charge in [0, 0.05) is 18.7 Å². The fourth-order valence-electron chi connectivity index (χ4n) is 2.45. The van der Waals surface area contributed by atoms with E-state index in [-0.39, 0.29) is 11.9 Å². The van der Waals surface area contributed by atoms with E-state index in [1.807, 2.05) is 18.2 Å². The van der Waals surface area contributed by atoms with Gasteiger partial charge in [0.1, 0.15) is 9.88 Å². The van der Waals surface area contributed by atoms with Crippen molar-refractivity contribution in [1.29, 1.82) is 0 Å². The average Bonchev–Trinajstić information content (AvgIpc) is 3.15. The number of rotatable bonds is 4. The number of carbonyl (C=O) groups excluding carboxylic acids is 1. The van der Waals surface area contributed by atoms with Gasteiger partial charge in [-0.2, -0.15) is 7.05 Å². The number of halogens is 1. The Morgan fingerprint density at radius 1 is 1.48 bits per heavy atom. The molecule has 0 saturated carbocycles. The van der Waals surface area contributed by atoms with Crippen LogP contribution in [0.3, 0.4) is 0 Å². The molecule has 1 aromatic heterocycles. The minimum atomic E-state index is -0.626. The average molecular weight is 352 g/mol. The van der Waals surface area contributed by atoms with Gasteiger partial charge in [0.15, 0.2) is 0 Å². The van der Waals surface area contributed by atoms with Crippen LogP contribution in [0, 0.1) is 0 Å². The van der Waals surface area contributed by atoms with E-state index in [1.165, 1.54) is 17.5 Å². The molecule has 1 aliphatic heterocycles. The molecule has 6 nitrogen and oxygen atoms in total. The zero-order chi connectivity index (χ0) is 16.4. The molecule has 2 aromatic rings. The highest BCUT2D eigenvalue weighted by atomic mass is 35.5. The van der Waals surface area contributed by atoms with Crippen LogP contribution in [0.2, 0.25) is 5.02 Å².